The molecule has 0 saturated carbocycles. The molecule has 0 spiro atoms. The summed E-state index contributed by atoms with van der Waals surface area (Å²) in [5.41, 5.74) is 2.37. The Hall–Kier alpha value is -2.45. The quantitative estimate of drug-likeness (QED) is 0.267. The van der Waals surface area contributed by atoms with Crippen LogP contribution in [0.2, 0.25) is 0 Å². The van der Waals surface area contributed by atoms with Crippen molar-refractivity contribution in [1.82, 2.24) is 14.5 Å². The summed E-state index contributed by atoms with van der Waals surface area (Å²) in [5, 5.41) is 1.08. The minimum absolute atomic E-state index is 0.0122. The molecule has 0 N–H and O–H groups in total. The maximum atomic E-state index is 13.4. The number of hydrogen-bond donors (Lipinski definition) is 0. The van der Waals surface area contributed by atoms with E-state index in [1.165, 1.54) is 35.2 Å². The number of carbonyl (C=O) groups excluding carboxylic acids is 1. The first kappa shape index (κ1) is 23.2. The zero-order valence-corrected chi connectivity index (χ0v) is 19.8. The number of rotatable bonds is 8. The first-order valence-electron chi connectivity index (χ1n) is 10.1. The first-order valence-corrected chi connectivity index (χ1v) is 11.9. The van der Waals surface area contributed by atoms with E-state index in [0.717, 1.165) is 21.6 Å². The van der Waals surface area contributed by atoms with Crippen LogP contribution in [0.5, 0.6) is 0 Å². The van der Waals surface area contributed by atoms with Crippen molar-refractivity contribution in [2.24, 2.45) is 0 Å². The molecule has 0 saturated heterocycles. The number of carbonyl (C=O) groups is 1. The van der Waals surface area contributed by atoms with Crippen LogP contribution in [0.25, 0.3) is 21.3 Å². The monoisotopic (exact) mass is 459 g/mol. The Kier molecular flexibility index (Phi) is 7.33. The number of hydrogen-bond acceptors (Lipinski definition) is 5. The van der Waals surface area contributed by atoms with Gasteiger partial charge in [0.25, 0.3) is 5.56 Å². The van der Waals surface area contributed by atoms with Crippen LogP contribution in [0.15, 0.2) is 46.4 Å². The van der Waals surface area contributed by atoms with Crippen molar-refractivity contribution in [3.8, 4) is 11.1 Å². The summed E-state index contributed by atoms with van der Waals surface area (Å²) >= 11 is 2.72. The fourth-order valence-corrected chi connectivity index (χ4v) is 5.50. The van der Waals surface area contributed by atoms with Crippen LogP contribution in [0.1, 0.15) is 25.6 Å². The third-order valence-corrected chi connectivity index (χ3v) is 6.88. The Bertz CT molecular complexity index is 1180. The highest BCUT2D eigenvalue weighted by molar-refractivity contribution is 7.99. The van der Waals surface area contributed by atoms with Gasteiger partial charge in [0.05, 0.1) is 11.1 Å². The molecule has 2 aromatic heterocycles. The van der Waals surface area contributed by atoms with E-state index in [0.29, 0.717) is 35.0 Å². The molecule has 0 unspecified atom stereocenters. The van der Waals surface area contributed by atoms with Gasteiger partial charge in [0.1, 0.15) is 10.6 Å². The largest absolute Gasteiger partial charge is 0.338 e. The number of amides is 1. The molecule has 164 valence electrons. The van der Waals surface area contributed by atoms with Gasteiger partial charge in [-0.05, 0) is 45.4 Å². The van der Waals surface area contributed by atoms with E-state index in [1.807, 2.05) is 27.7 Å². The second-order valence-corrected chi connectivity index (χ2v) is 9.46. The summed E-state index contributed by atoms with van der Waals surface area (Å²) in [6.45, 7) is 13.1. The zero-order chi connectivity index (χ0) is 22.7. The molecule has 3 rings (SSSR count). The van der Waals surface area contributed by atoms with Crippen LogP contribution in [0.4, 0.5) is 4.39 Å². The normalized spacial score (nSPS) is 11.1. The van der Waals surface area contributed by atoms with Gasteiger partial charge in [-0.15, -0.1) is 11.3 Å². The molecule has 1 amide bonds. The number of benzene rings is 1. The number of aryl methyl sites for hydroxylation is 1. The third kappa shape index (κ3) is 4.91. The van der Waals surface area contributed by atoms with E-state index in [-0.39, 0.29) is 23.0 Å². The molecule has 2 heterocycles. The maximum Gasteiger partial charge on any atom is 0.263 e. The van der Waals surface area contributed by atoms with E-state index in [1.54, 1.807) is 21.6 Å². The van der Waals surface area contributed by atoms with Crippen molar-refractivity contribution in [2.45, 2.75) is 39.4 Å². The van der Waals surface area contributed by atoms with Crippen LogP contribution in [0, 0.1) is 12.7 Å². The van der Waals surface area contributed by atoms with Gasteiger partial charge in [-0.1, -0.05) is 36.0 Å². The minimum Gasteiger partial charge on any atom is -0.338 e. The molecule has 8 heteroatoms. The fraction of sp³-hybridized carbons (Fsp3) is 0.348. The van der Waals surface area contributed by atoms with Crippen LogP contribution >= 0.6 is 23.1 Å². The van der Waals surface area contributed by atoms with E-state index >= 15 is 0 Å². The van der Waals surface area contributed by atoms with Gasteiger partial charge in [0.2, 0.25) is 5.91 Å². The van der Waals surface area contributed by atoms with Crippen molar-refractivity contribution in [1.29, 1.82) is 0 Å². The lowest BCUT2D eigenvalue weighted by molar-refractivity contribution is -0.127. The molecule has 0 aliphatic carbocycles. The molecule has 0 bridgehead atoms. The predicted molar refractivity (Wildman–Crippen MR) is 127 cm³/mol. The molecule has 1 aromatic carbocycles. The number of thiophene rings is 1. The summed E-state index contributed by atoms with van der Waals surface area (Å²) in [7, 11) is 0. The second kappa shape index (κ2) is 9.78. The molecule has 0 fully saturated rings. The SMILES string of the molecule is C=C(C)CN(CC)C(=O)CSc1nc2sc(C)c(-c3ccc(F)cc3)c2c(=O)n1CC. The van der Waals surface area contributed by atoms with Crippen molar-refractivity contribution in [3.63, 3.8) is 0 Å². The standard InChI is InChI=1S/C23H26FN3O2S2/c1-6-26(12-14(3)4)18(28)13-30-23-25-21-20(22(29)27(23)7-2)19(15(5)31-21)16-8-10-17(24)11-9-16/h8-11H,3,6-7,12-13H2,1-2,4-5H3. The molecule has 31 heavy (non-hydrogen) atoms. The molecule has 0 aliphatic heterocycles. The van der Waals surface area contributed by atoms with Crippen LogP contribution in [-0.4, -0.2) is 39.2 Å². The summed E-state index contributed by atoms with van der Waals surface area (Å²) in [5.74, 6) is -0.128. The Balaban J connectivity index is 1.99. The Morgan fingerprint density at radius 3 is 2.55 bits per heavy atom. The topological polar surface area (TPSA) is 55.2 Å². The van der Waals surface area contributed by atoms with E-state index < -0.39 is 0 Å². The van der Waals surface area contributed by atoms with Crippen LogP contribution < -0.4 is 5.56 Å². The number of halogens is 1. The van der Waals surface area contributed by atoms with E-state index in [4.69, 9.17) is 4.98 Å². The molecule has 0 radical (unpaired) electrons. The van der Waals surface area contributed by atoms with Gasteiger partial charge >= 0.3 is 0 Å². The highest BCUT2D eigenvalue weighted by atomic mass is 32.2. The van der Waals surface area contributed by atoms with Gasteiger partial charge in [-0.3, -0.25) is 14.2 Å². The van der Waals surface area contributed by atoms with Gasteiger partial charge < -0.3 is 4.90 Å². The lowest BCUT2D eigenvalue weighted by Crippen LogP contribution is -2.33. The van der Waals surface area contributed by atoms with Crippen molar-refractivity contribution < 1.29 is 9.18 Å². The van der Waals surface area contributed by atoms with Crippen LogP contribution in [0.3, 0.4) is 0 Å². The smallest absolute Gasteiger partial charge is 0.263 e. The summed E-state index contributed by atoms with van der Waals surface area (Å²) in [6.07, 6.45) is 0. The molecule has 3 aromatic rings. The van der Waals surface area contributed by atoms with Gasteiger partial charge in [0, 0.05) is 30.1 Å². The fourth-order valence-electron chi connectivity index (χ4n) is 3.45. The molecular weight excluding hydrogens is 433 g/mol. The molecule has 0 aliphatic rings. The molecular formula is C23H26FN3O2S2. The zero-order valence-electron chi connectivity index (χ0n) is 18.2. The molecule has 5 nitrogen and oxygen atoms in total. The van der Waals surface area contributed by atoms with E-state index in [9.17, 15) is 14.0 Å². The number of nitrogens with zero attached hydrogens (tertiary/aromatic N) is 3. The van der Waals surface area contributed by atoms with E-state index in [2.05, 4.69) is 6.58 Å². The Morgan fingerprint density at radius 1 is 1.29 bits per heavy atom. The predicted octanol–water partition coefficient (Wildman–Crippen LogP) is 5.11. The molecule has 0 atom stereocenters. The van der Waals surface area contributed by atoms with Crippen molar-refractivity contribution in [3.05, 3.63) is 57.5 Å². The number of thioether (sulfide) groups is 1. The van der Waals surface area contributed by atoms with Crippen LogP contribution in [-0.2, 0) is 11.3 Å². The van der Waals surface area contributed by atoms with Crippen molar-refractivity contribution in [2.75, 3.05) is 18.8 Å². The number of fused-ring (bicyclic) bond motifs is 1. The average Bonchev–Trinajstić information content (AvgIpc) is 3.06. The number of likely N-dealkylation sites (N-methyl/N-ethyl adjacent to an activating group) is 1. The van der Waals surface area contributed by atoms with Crippen molar-refractivity contribution >= 4 is 39.2 Å². The summed E-state index contributed by atoms with van der Waals surface area (Å²) in [6, 6.07) is 6.15. The summed E-state index contributed by atoms with van der Waals surface area (Å²) in [4.78, 5) is 34.0. The lowest BCUT2D eigenvalue weighted by atomic mass is 10.0. The lowest BCUT2D eigenvalue weighted by Gasteiger charge is -2.21. The first-order chi connectivity index (χ1) is 14.8. The highest BCUT2D eigenvalue weighted by Gasteiger charge is 2.21. The van der Waals surface area contributed by atoms with Gasteiger partial charge in [-0.2, -0.15) is 0 Å². The maximum absolute atomic E-state index is 13.4. The third-order valence-electron chi connectivity index (χ3n) is 4.92. The van der Waals surface area contributed by atoms with Gasteiger partial charge in [0.15, 0.2) is 5.16 Å². The Labute approximate surface area is 189 Å². The highest BCUT2D eigenvalue weighted by Crippen LogP contribution is 2.36. The second-order valence-electron chi connectivity index (χ2n) is 7.32. The summed E-state index contributed by atoms with van der Waals surface area (Å²) < 4.78 is 15.0. The Morgan fingerprint density at radius 2 is 1.97 bits per heavy atom. The minimum atomic E-state index is -0.318. The number of aromatic nitrogens is 2. The average molecular weight is 460 g/mol. The van der Waals surface area contributed by atoms with Gasteiger partial charge in [-0.25, -0.2) is 9.37 Å².